The van der Waals surface area contributed by atoms with Crippen molar-refractivity contribution in [1.82, 2.24) is 0 Å². The van der Waals surface area contributed by atoms with Crippen LogP contribution in [0.4, 0.5) is 0 Å². The van der Waals surface area contributed by atoms with Crippen molar-refractivity contribution in [2.24, 2.45) is 0 Å². The van der Waals surface area contributed by atoms with Crippen LogP contribution < -0.4 is 4.74 Å². The van der Waals surface area contributed by atoms with Crippen molar-refractivity contribution in [2.75, 3.05) is 7.11 Å². The number of methoxy groups -OCH3 is 1. The number of benzene rings is 1. The minimum absolute atomic E-state index is 0.270. The van der Waals surface area contributed by atoms with Gasteiger partial charge in [0, 0.05) is 5.56 Å². The van der Waals surface area contributed by atoms with Crippen LogP contribution in [0.2, 0.25) is 0 Å². The summed E-state index contributed by atoms with van der Waals surface area (Å²) in [4.78, 5) is 24.5. The Bertz CT molecular complexity index is 736. The molecule has 0 amide bonds. The monoisotopic (exact) mass is 286 g/mol. The molecule has 0 bridgehead atoms. The topological polar surface area (TPSA) is 65.1 Å². The number of esters is 1. The minimum Gasteiger partial charge on any atom is -0.466 e. The maximum atomic E-state index is 12.3. The molecule has 0 N–H and O–H groups in total. The Balaban J connectivity index is 2.02. The lowest BCUT2D eigenvalue weighted by Crippen LogP contribution is -2.52. The Hall–Kier alpha value is -2.14. The summed E-state index contributed by atoms with van der Waals surface area (Å²) in [5.74, 6) is -1.33. The maximum Gasteiger partial charge on any atom is 0.335 e. The summed E-state index contributed by atoms with van der Waals surface area (Å²) < 4.78 is 16.6. The molecule has 3 atom stereocenters. The van der Waals surface area contributed by atoms with E-state index in [0.29, 0.717) is 5.75 Å². The number of carbonyl (C=O) groups is 2. The zero-order valence-corrected chi connectivity index (χ0v) is 11.9. The van der Waals surface area contributed by atoms with Gasteiger partial charge in [0.25, 0.3) is 5.79 Å². The lowest BCUT2D eigenvalue weighted by atomic mass is 9.65. The van der Waals surface area contributed by atoms with Gasteiger partial charge < -0.3 is 14.2 Å². The largest absolute Gasteiger partial charge is 0.466 e. The van der Waals surface area contributed by atoms with E-state index in [1.807, 2.05) is 31.2 Å². The normalized spacial score (nSPS) is 38.6. The number of hydrogen-bond acceptors (Lipinski definition) is 5. The second kappa shape index (κ2) is 3.36. The first-order valence-corrected chi connectivity index (χ1v) is 6.74. The van der Waals surface area contributed by atoms with Gasteiger partial charge in [-0.25, -0.2) is 4.79 Å². The van der Waals surface area contributed by atoms with Crippen molar-refractivity contribution in [3.05, 3.63) is 41.5 Å². The summed E-state index contributed by atoms with van der Waals surface area (Å²) >= 11 is 0. The van der Waals surface area contributed by atoms with Crippen LogP contribution in [0.15, 0.2) is 35.9 Å². The van der Waals surface area contributed by atoms with Crippen molar-refractivity contribution in [3.8, 4) is 5.75 Å². The summed E-state index contributed by atoms with van der Waals surface area (Å²) in [6, 6.07) is 7.42. The van der Waals surface area contributed by atoms with Gasteiger partial charge in [-0.15, -0.1) is 0 Å². The number of fused-ring (bicyclic) bond motifs is 2. The predicted octanol–water partition coefficient (Wildman–Crippen LogP) is 1.50. The van der Waals surface area contributed by atoms with Crippen LogP contribution >= 0.6 is 0 Å². The van der Waals surface area contributed by atoms with E-state index in [1.165, 1.54) is 13.2 Å². The molecule has 0 radical (unpaired) electrons. The fraction of sp³-hybridized carbons (Fsp3) is 0.375. The third-order valence-electron chi connectivity index (χ3n) is 4.96. The molecule has 21 heavy (non-hydrogen) atoms. The van der Waals surface area contributed by atoms with Gasteiger partial charge in [-0.05, 0) is 26.0 Å². The zero-order valence-electron chi connectivity index (χ0n) is 11.9. The van der Waals surface area contributed by atoms with Crippen LogP contribution in [0.25, 0.3) is 0 Å². The highest BCUT2D eigenvalue weighted by atomic mass is 16.8. The Morgan fingerprint density at radius 2 is 1.95 bits per heavy atom. The average molecular weight is 286 g/mol. The number of para-hydroxylation sites is 1. The molecule has 2 heterocycles. The van der Waals surface area contributed by atoms with Gasteiger partial charge >= 0.3 is 5.97 Å². The second-order valence-electron chi connectivity index (χ2n) is 5.89. The molecule has 2 aliphatic heterocycles. The predicted molar refractivity (Wildman–Crippen MR) is 71.7 cm³/mol. The van der Waals surface area contributed by atoms with Crippen LogP contribution in [-0.4, -0.2) is 30.3 Å². The van der Waals surface area contributed by atoms with E-state index in [4.69, 9.17) is 14.2 Å². The van der Waals surface area contributed by atoms with Crippen molar-refractivity contribution in [3.63, 3.8) is 0 Å². The summed E-state index contributed by atoms with van der Waals surface area (Å²) in [7, 11) is 1.30. The Kier molecular flexibility index (Phi) is 2.02. The minimum atomic E-state index is -1.15. The van der Waals surface area contributed by atoms with Crippen LogP contribution in [0.1, 0.15) is 19.4 Å². The van der Waals surface area contributed by atoms with Gasteiger partial charge in [0.05, 0.1) is 18.1 Å². The summed E-state index contributed by atoms with van der Waals surface area (Å²) in [6.07, 6.45) is 1.34. The molecule has 5 heteroatoms. The van der Waals surface area contributed by atoms with E-state index in [0.717, 1.165) is 5.56 Å². The van der Waals surface area contributed by atoms with Gasteiger partial charge in [-0.3, -0.25) is 4.79 Å². The molecule has 4 rings (SSSR count). The van der Waals surface area contributed by atoms with Crippen molar-refractivity contribution in [2.45, 2.75) is 30.7 Å². The fourth-order valence-corrected chi connectivity index (χ4v) is 3.68. The van der Waals surface area contributed by atoms with E-state index >= 15 is 0 Å². The van der Waals surface area contributed by atoms with Crippen LogP contribution in [-0.2, 0) is 24.5 Å². The molecular weight excluding hydrogens is 272 g/mol. The van der Waals surface area contributed by atoms with Gasteiger partial charge in [-0.1, -0.05) is 18.2 Å². The summed E-state index contributed by atoms with van der Waals surface area (Å²) in [6.45, 7) is 3.56. The molecule has 1 spiro atoms. The molecular formula is C16H14O5. The van der Waals surface area contributed by atoms with E-state index in [2.05, 4.69) is 0 Å². The van der Waals surface area contributed by atoms with Crippen molar-refractivity contribution in [1.29, 1.82) is 0 Å². The van der Waals surface area contributed by atoms with Gasteiger partial charge in [-0.2, -0.15) is 0 Å². The van der Waals surface area contributed by atoms with Crippen LogP contribution in [0.3, 0.4) is 0 Å². The number of hydrogen-bond donors (Lipinski definition) is 0. The zero-order chi connectivity index (χ0) is 15.0. The van der Waals surface area contributed by atoms with E-state index < -0.39 is 22.8 Å². The summed E-state index contributed by atoms with van der Waals surface area (Å²) in [5, 5.41) is 0. The van der Waals surface area contributed by atoms with Crippen molar-refractivity contribution >= 4 is 11.8 Å². The second-order valence-corrected chi connectivity index (χ2v) is 5.89. The number of ketones is 1. The van der Waals surface area contributed by atoms with Gasteiger partial charge in [0.15, 0.2) is 11.4 Å². The highest BCUT2D eigenvalue weighted by molar-refractivity contribution is 6.10. The first-order valence-electron chi connectivity index (χ1n) is 6.74. The van der Waals surface area contributed by atoms with E-state index in [-0.39, 0.29) is 11.4 Å². The van der Waals surface area contributed by atoms with Gasteiger partial charge in [0.1, 0.15) is 5.75 Å². The van der Waals surface area contributed by atoms with Crippen LogP contribution in [0, 0.1) is 0 Å². The highest BCUT2D eigenvalue weighted by Gasteiger charge is 2.87. The van der Waals surface area contributed by atoms with Gasteiger partial charge in [0.2, 0.25) is 0 Å². The molecule has 1 aromatic carbocycles. The summed E-state index contributed by atoms with van der Waals surface area (Å²) in [5.41, 5.74) is -0.815. The standard InChI is InChI=1S/C16H14O5/c1-14-9-6-4-5-7-11(9)20-16(14)15(2,21-16)12(17)8-10(14)13(18)19-3/h4-8H,1-3H3. The molecule has 1 fully saturated rings. The Morgan fingerprint density at radius 3 is 2.67 bits per heavy atom. The van der Waals surface area contributed by atoms with E-state index in [1.54, 1.807) is 6.92 Å². The molecule has 5 nitrogen and oxygen atoms in total. The van der Waals surface area contributed by atoms with E-state index in [9.17, 15) is 9.59 Å². The maximum absolute atomic E-state index is 12.3. The first-order chi connectivity index (χ1) is 9.90. The lowest BCUT2D eigenvalue weighted by Gasteiger charge is -2.33. The highest BCUT2D eigenvalue weighted by Crippen LogP contribution is 2.69. The number of rotatable bonds is 1. The molecule has 3 unspecified atom stereocenters. The quantitative estimate of drug-likeness (QED) is 0.578. The molecule has 3 aliphatic rings. The molecule has 1 saturated heterocycles. The van der Waals surface area contributed by atoms with Crippen molar-refractivity contribution < 1.29 is 23.8 Å². The fourth-order valence-electron chi connectivity index (χ4n) is 3.68. The molecule has 1 aromatic rings. The third kappa shape index (κ3) is 1.10. The SMILES string of the molecule is COC(=O)C1=CC(=O)C2(C)OC23Oc2ccccc2C13C. The molecule has 1 aliphatic carbocycles. The molecule has 0 saturated carbocycles. The lowest BCUT2D eigenvalue weighted by molar-refractivity contribution is -0.138. The average Bonchev–Trinajstić information content (AvgIpc) is 3.02. The van der Waals surface area contributed by atoms with Crippen LogP contribution in [0.5, 0.6) is 5.75 Å². The number of epoxide rings is 1. The smallest absolute Gasteiger partial charge is 0.335 e. The Morgan fingerprint density at radius 1 is 1.24 bits per heavy atom. The first kappa shape index (κ1) is 12.6. The molecule has 0 aromatic heterocycles. The molecule has 108 valence electrons. The third-order valence-corrected chi connectivity index (χ3v) is 4.96. The Labute approximate surface area is 121 Å². The number of carbonyl (C=O) groups excluding carboxylic acids is 2. The number of ether oxygens (including phenoxy) is 3.